The number of carbonyl (C=O) groups is 1. The van der Waals surface area contributed by atoms with Crippen LogP contribution in [-0.4, -0.2) is 29.6 Å². The number of nitrogens with zero attached hydrogens (tertiary/aromatic N) is 2. The zero-order valence-corrected chi connectivity index (χ0v) is 12.9. The summed E-state index contributed by atoms with van der Waals surface area (Å²) in [6.45, 7) is 2.64. The van der Waals surface area contributed by atoms with Crippen LogP contribution in [0.25, 0.3) is 0 Å². The van der Waals surface area contributed by atoms with Crippen molar-refractivity contribution in [1.82, 2.24) is 10.1 Å². The Morgan fingerprint density at radius 2 is 2.27 bits per heavy atom. The average molecular weight is 300 g/mol. The van der Waals surface area contributed by atoms with Crippen molar-refractivity contribution in [2.75, 3.05) is 13.7 Å². The predicted octanol–water partition coefficient (Wildman–Crippen LogP) is 2.90. The number of ether oxygens (including phenoxy) is 1. The molecular formula is C17H20N2O3. The fourth-order valence-electron chi connectivity index (χ4n) is 3.03. The lowest BCUT2D eigenvalue weighted by molar-refractivity contribution is -0.131. The zero-order chi connectivity index (χ0) is 15.5. The van der Waals surface area contributed by atoms with Crippen molar-refractivity contribution >= 4 is 5.91 Å². The first kappa shape index (κ1) is 14.6. The maximum atomic E-state index is 12.7. The van der Waals surface area contributed by atoms with Crippen molar-refractivity contribution in [2.45, 2.75) is 32.2 Å². The van der Waals surface area contributed by atoms with Gasteiger partial charge in [0.25, 0.3) is 0 Å². The highest BCUT2D eigenvalue weighted by Gasteiger charge is 2.32. The molecule has 0 bridgehead atoms. The van der Waals surface area contributed by atoms with Crippen LogP contribution in [0.5, 0.6) is 5.75 Å². The number of para-hydroxylation sites is 1. The van der Waals surface area contributed by atoms with E-state index in [4.69, 9.17) is 9.26 Å². The largest absolute Gasteiger partial charge is 0.496 e. The highest BCUT2D eigenvalue weighted by molar-refractivity contribution is 5.80. The van der Waals surface area contributed by atoms with Crippen molar-refractivity contribution in [3.8, 4) is 5.75 Å². The lowest BCUT2D eigenvalue weighted by Crippen LogP contribution is -2.32. The maximum absolute atomic E-state index is 12.7. The molecule has 1 atom stereocenters. The number of amides is 1. The van der Waals surface area contributed by atoms with E-state index < -0.39 is 0 Å². The van der Waals surface area contributed by atoms with E-state index in [9.17, 15) is 4.79 Å². The number of benzene rings is 1. The third-order valence-corrected chi connectivity index (χ3v) is 4.09. The Balaban J connectivity index is 1.76. The van der Waals surface area contributed by atoms with Crippen LogP contribution in [0.15, 0.2) is 34.9 Å². The van der Waals surface area contributed by atoms with Gasteiger partial charge in [-0.3, -0.25) is 4.79 Å². The monoisotopic (exact) mass is 300 g/mol. The van der Waals surface area contributed by atoms with Gasteiger partial charge in [-0.2, -0.15) is 0 Å². The van der Waals surface area contributed by atoms with Crippen LogP contribution >= 0.6 is 0 Å². The first-order valence-electron chi connectivity index (χ1n) is 7.53. The first-order chi connectivity index (χ1) is 10.7. The van der Waals surface area contributed by atoms with E-state index >= 15 is 0 Å². The number of aromatic nitrogens is 1. The van der Waals surface area contributed by atoms with Crippen LogP contribution in [0.1, 0.15) is 35.9 Å². The van der Waals surface area contributed by atoms with Gasteiger partial charge in [0.05, 0.1) is 19.6 Å². The summed E-state index contributed by atoms with van der Waals surface area (Å²) in [7, 11) is 1.63. The van der Waals surface area contributed by atoms with Gasteiger partial charge < -0.3 is 14.2 Å². The zero-order valence-electron chi connectivity index (χ0n) is 12.9. The molecular weight excluding hydrogens is 280 g/mol. The lowest BCUT2D eigenvalue weighted by Gasteiger charge is -2.23. The molecule has 5 heteroatoms. The van der Waals surface area contributed by atoms with Gasteiger partial charge in [-0.1, -0.05) is 23.4 Å². The second-order valence-corrected chi connectivity index (χ2v) is 5.60. The van der Waals surface area contributed by atoms with Crippen molar-refractivity contribution in [1.29, 1.82) is 0 Å². The molecule has 1 fully saturated rings. The number of likely N-dealkylation sites (tertiary alicyclic amines) is 1. The summed E-state index contributed by atoms with van der Waals surface area (Å²) in [4.78, 5) is 14.6. The fraction of sp³-hybridized carbons (Fsp3) is 0.412. The standard InChI is InChI=1S/C17H20N2O3/c1-12-10-14(18-22-12)15-7-5-9-19(15)17(20)11-13-6-3-4-8-16(13)21-2/h3-4,6,8,10,15H,5,7,9,11H2,1-2H3/t15-/m0/s1. The van der Waals surface area contributed by atoms with Crippen LogP contribution in [0.2, 0.25) is 0 Å². The Bertz CT molecular complexity index is 665. The summed E-state index contributed by atoms with van der Waals surface area (Å²) in [5, 5.41) is 4.08. The quantitative estimate of drug-likeness (QED) is 0.871. The smallest absolute Gasteiger partial charge is 0.227 e. The molecule has 0 N–H and O–H groups in total. The Kier molecular flexibility index (Phi) is 4.13. The molecule has 1 aromatic carbocycles. The van der Waals surface area contributed by atoms with E-state index in [2.05, 4.69) is 5.16 Å². The normalized spacial score (nSPS) is 17.7. The van der Waals surface area contributed by atoms with Gasteiger partial charge in [-0.15, -0.1) is 0 Å². The Labute approximate surface area is 129 Å². The summed E-state index contributed by atoms with van der Waals surface area (Å²) < 4.78 is 10.5. The van der Waals surface area contributed by atoms with E-state index in [0.717, 1.165) is 42.2 Å². The Hall–Kier alpha value is -2.30. The molecule has 0 saturated carbocycles. The minimum atomic E-state index is 0.0275. The predicted molar refractivity (Wildman–Crippen MR) is 81.6 cm³/mol. The third kappa shape index (κ3) is 2.84. The van der Waals surface area contributed by atoms with Gasteiger partial charge in [0.1, 0.15) is 17.2 Å². The van der Waals surface area contributed by atoms with E-state index in [0.29, 0.717) is 6.42 Å². The second kappa shape index (κ2) is 6.22. The van der Waals surface area contributed by atoms with Crippen molar-refractivity contribution in [3.05, 3.63) is 47.3 Å². The Morgan fingerprint density at radius 1 is 1.45 bits per heavy atom. The van der Waals surface area contributed by atoms with E-state index in [-0.39, 0.29) is 11.9 Å². The fourth-order valence-corrected chi connectivity index (χ4v) is 3.03. The molecule has 2 aromatic rings. The van der Waals surface area contributed by atoms with Crippen molar-refractivity contribution in [3.63, 3.8) is 0 Å². The topological polar surface area (TPSA) is 55.6 Å². The van der Waals surface area contributed by atoms with Crippen LogP contribution in [0.3, 0.4) is 0 Å². The molecule has 116 valence electrons. The van der Waals surface area contributed by atoms with E-state index in [1.807, 2.05) is 42.2 Å². The molecule has 5 nitrogen and oxygen atoms in total. The number of hydrogen-bond acceptors (Lipinski definition) is 4. The third-order valence-electron chi connectivity index (χ3n) is 4.09. The summed E-state index contributed by atoms with van der Waals surface area (Å²) >= 11 is 0. The van der Waals surface area contributed by atoms with Gasteiger partial charge >= 0.3 is 0 Å². The van der Waals surface area contributed by atoms with Crippen molar-refractivity contribution < 1.29 is 14.1 Å². The first-order valence-corrected chi connectivity index (χ1v) is 7.53. The van der Waals surface area contributed by atoms with Crippen molar-refractivity contribution in [2.24, 2.45) is 0 Å². The molecule has 0 unspecified atom stereocenters. The van der Waals surface area contributed by atoms with Crippen LogP contribution in [-0.2, 0) is 11.2 Å². The second-order valence-electron chi connectivity index (χ2n) is 5.60. The molecule has 1 aromatic heterocycles. The number of methoxy groups -OCH3 is 1. The Morgan fingerprint density at radius 3 is 3.00 bits per heavy atom. The molecule has 22 heavy (non-hydrogen) atoms. The lowest BCUT2D eigenvalue weighted by atomic mass is 10.1. The van der Waals surface area contributed by atoms with Crippen LogP contribution in [0, 0.1) is 6.92 Å². The molecule has 0 aliphatic carbocycles. The van der Waals surface area contributed by atoms with Gasteiger partial charge in [0.15, 0.2) is 0 Å². The van der Waals surface area contributed by atoms with E-state index in [1.54, 1.807) is 7.11 Å². The minimum absolute atomic E-state index is 0.0275. The average Bonchev–Trinajstić information content (AvgIpc) is 3.16. The molecule has 1 saturated heterocycles. The van der Waals surface area contributed by atoms with Gasteiger partial charge in [0, 0.05) is 18.2 Å². The molecule has 1 aliphatic heterocycles. The summed E-state index contributed by atoms with van der Waals surface area (Å²) in [6.07, 6.45) is 2.27. The number of rotatable bonds is 4. The van der Waals surface area contributed by atoms with Gasteiger partial charge in [-0.05, 0) is 25.8 Å². The summed E-state index contributed by atoms with van der Waals surface area (Å²) in [6, 6.07) is 9.59. The van der Waals surface area contributed by atoms with Gasteiger partial charge in [0.2, 0.25) is 5.91 Å². The number of carbonyl (C=O) groups excluding carboxylic acids is 1. The minimum Gasteiger partial charge on any atom is -0.496 e. The summed E-state index contributed by atoms with van der Waals surface area (Å²) in [5.74, 6) is 1.63. The molecule has 3 rings (SSSR count). The highest BCUT2D eigenvalue weighted by atomic mass is 16.5. The maximum Gasteiger partial charge on any atom is 0.227 e. The molecule has 1 amide bonds. The SMILES string of the molecule is COc1ccccc1CC(=O)N1CCC[C@H]1c1cc(C)on1. The number of hydrogen-bond donors (Lipinski definition) is 0. The molecule has 0 spiro atoms. The highest BCUT2D eigenvalue weighted by Crippen LogP contribution is 2.32. The molecule has 1 aliphatic rings. The number of aryl methyl sites for hydroxylation is 1. The molecule has 2 heterocycles. The summed E-state index contributed by atoms with van der Waals surface area (Å²) in [5.41, 5.74) is 1.76. The molecule has 0 radical (unpaired) electrons. The van der Waals surface area contributed by atoms with Crippen LogP contribution < -0.4 is 4.74 Å². The van der Waals surface area contributed by atoms with E-state index in [1.165, 1.54) is 0 Å². The van der Waals surface area contributed by atoms with Crippen LogP contribution in [0.4, 0.5) is 0 Å². The van der Waals surface area contributed by atoms with Gasteiger partial charge in [-0.25, -0.2) is 0 Å².